The minimum Gasteiger partial charge on any atom is -0.376 e. The number of hydrogen-bond acceptors (Lipinski definition) is 4. The number of ether oxygens (including phenoxy) is 1. The molecule has 1 aromatic rings. The Hall–Kier alpha value is -0.680. The third kappa shape index (κ3) is 3.26. The fraction of sp³-hybridized carbons (Fsp3) is 0.714. The number of nitrogens with zero attached hydrogens (tertiary/aromatic N) is 2. The maximum Gasteiger partial charge on any atom is 0.132 e. The first-order valence-electron chi connectivity index (χ1n) is 7.18. The van der Waals surface area contributed by atoms with E-state index in [9.17, 15) is 0 Å². The number of aromatic nitrogens is 2. The van der Waals surface area contributed by atoms with Crippen molar-refractivity contribution >= 4 is 21.7 Å². The van der Waals surface area contributed by atoms with E-state index >= 15 is 0 Å². The minimum absolute atomic E-state index is 0.378. The first-order valence-corrected chi connectivity index (χ1v) is 7.97. The van der Waals surface area contributed by atoms with Crippen LogP contribution in [-0.4, -0.2) is 28.7 Å². The molecule has 2 aliphatic rings. The summed E-state index contributed by atoms with van der Waals surface area (Å²) < 4.78 is 6.71. The number of nitrogens with one attached hydrogen (secondary N) is 1. The van der Waals surface area contributed by atoms with Gasteiger partial charge in [0, 0.05) is 19.1 Å². The third-order valence-corrected chi connectivity index (χ3v) is 4.18. The number of hydrogen-bond donors (Lipinski definition) is 1. The van der Waals surface area contributed by atoms with Crippen LogP contribution in [0.3, 0.4) is 0 Å². The fourth-order valence-electron chi connectivity index (χ4n) is 2.72. The summed E-state index contributed by atoms with van der Waals surface area (Å²) in [5.41, 5.74) is 0. The monoisotopic (exact) mass is 325 g/mol. The predicted octanol–water partition coefficient (Wildman–Crippen LogP) is 3.17. The van der Waals surface area contributed by atoms with Gasteiger partial charge in [0.25, 0.3) is 0 Å². The second kappa shape index (κ2) is 5.75. The summed E-state index contributed by atoms with van der Waals surface area (Å²) in [7, 11) is 0. The van der Waals surface area contributed by atoms with Gasteiger partial charge < -0.3 is 10.1 Å². The van der Waals surface area contributed by atoms with Crippen LogP contribution in [0, 0.1) is 5.92 Å². The highest BCUT2D eigenvalue weighted by Gasteiger charge is 2.40. The van der Waals surface area contributed by atoms with Gasteiger partial charge in [0.1, 0.15) is 16.2 Å². The molecule has 0 spiro atoms. The smallest absolute Gasteiger partial charge is 0.132 e. The SMILES string of the molecule is CCCc1nc(Br)cc(NC2CCOC2C2CC2)n1. The van der Waals surface area contributed by atoms with Crippen LogP contribution in [0.2, 0.25) is 0 Å². The van der Waals surface area contributed by atoms with E-state index in [0.29, 0.717) is 12.1 Å². The quantitative estimate of drug-likeness (QED) is 0.845. The van der Waals surface area contributed by atoms with Crippen LogP contribution in [0.15, 0.2) is 10.7 Å². The van der Waals surface area contributed by atoms with Crippen LogP contribution in [0.5, 0.6) is 0 Å². The molecule has 104 valence electrons. The molecule has 1 aromatic heterocycles. The van der Waals surface area contributed by atoms with Crippen molar-refractivity contribution in [3.05, 3.63) is 16.5 Å². The van der Waals surface area contributed by atoms with E-state index < -0.39 is 0 Å². The molecule has 1 aliphatic heterocycles. The topological polar surface area (TPSA) is 47.0 Å². The van der Waals surface area contributed by atoms with E-state index in [2.05, 4.69) is 38.1 Å². The Bertz CT molecular complexity index is 450. The van der Waals surface area contributed by atoms with Gasteiger partial charge in [0.2, 0.25) is 0 Å². The highest BCUT2D eigenvalue weighted by molar-refractivity contribution is 9.10. The van der Waals surface area contributed by atoms with Gasteiger partial charge in [0.05, 0.1) is 12.1 Å². The molecule has 0 amide bonds. The van der Waals surface area contributed by atoms with Gasteiger partial charge in [-0.3, -0.25) is 0 Å². The fourth-order valence-corrected chi connectivity index (χ4v) is 3.14. The Kier molecular flexibility index (Phi) is 4.03. The molecule has 1 N–H and O–H groups in total. The van der Waals surface area contributed by atoms with Gasteiger partial charge in [-0.25, -0.2) is 9.97 Å². The lowest BCUT2D eigenvalue weighted by Crippen LogP contribution is -2.31. The molecule has 2 fully saturated rings. The zero-order valence-electron chi connectivity index (χ0n) is 11.2. The second-order valence-corrected chi connectivity index (χ2v) is 6.27. The summed E-state index contributed by atoms with van der Waals surface area (Å²) in [6, 6.07) is 2.37. The Labute approximate surface area is 122 Å². The first-order chi connectivity index (χ1) is 9.26. The third-order valence-electron chi connectivity index (χ3n) is 3.77. The first kappa shape index (κ1) is 13.3. The van der Waals surface area contributed by atoms with E-state index in [1.165, 1.54) is 12.8 Å². The molecule has 1 aliphatic carbocycles. The van der Waals surface area contributed by atoms with Gasteiger partial charge in [-0.15, -0.1) is 0 Å². The molecular weight excluding hydrogens is 306 g/mol. The molecule has 2 heterocycles. The summed E-state index contributed by atoms with van der Waals surface area (Å²) in [6.45, 7) is 3.01. The number of aryl methyl sites for hydroxylation is 1. The lowest BCUT2D eigenvalue weighted by molar-refractivity contribution is 0.0898. The largest absolute Gasteiger partial charge is 0.376 e. The predicted molar refractivity (Wildman–Crippen MR) is 78.2 cm³/mol. The molecule has 0 bridgehead atoms. The zero-order chi connectivity index (χ0) is 13.2. The Morgan fingerprint density at radius 2 is 2.21 bits per heavy atom. The standard InChI is InChI=1S/C14H20BrN3O/c1-2-3-12-17-11(15)8-13(18-12)16-10-6-7-19-14(10)9-4-5-9/h8-10,14H,2-7H2,1H3,(H,16,17,18). The van der Waals surface area contributed by atoms with Crippen molar-refractivity contribution in [1.82, 2.24) is 9.97 Å². The van der Waals surface area contributed by atoms with Crippen LogP contribution < -0.4 is 5.32 Å². The van der Waals surface area contributed by atoms with Crippen LogP contribution in [-0.2, 0) is 11.2 Å². The van der Waals surface area contributed by atoms with Crippen molar-refractivity contribution in [3.8, 4) is 0 Å². The van der Waals surface area contributed by atoms with Crippen molar-refractivity contribution in [2.45, 2.75) is 51.2 Å². The Morgan fingerprint density at radius 1 is 1.37 bits per heavy atom. The average molecular weight is 326 g/mol. The molecule has 1 saturated carbocycles. The normalized spacial score (nSPS) is 26.6. The lowest BCUT2D eigenvalue weighted by atomic mass is 10.1. The van der Waals surface area contributed by atoms with E-state index in [1.807, 2.05) is 6.07 Å². The van der Waals surface area contributed by atoms with Crippen molar-refractivity contribution in [2.75, 3.05) is 11.9 Å². The summed E-state index contributed by atoms with van der Waals surface area (Å²) in [6.07, 6.45) is 6.07. The van der Waals surface area contributed by atoms with Gasteiger partial charge in [-0.1, -0.05) is 6.92 Å². The van der Waals surface area contributed by atoms with E-state index in [1.54, 1.807) is 0 Å². The van der Waals surface area contributed by atoms with Gasteiger partial charge in [0.15, 0.2) is 0 Å². The number of anilines is 1. The maximum atomic E-state index is 5.85. The van der Waals surface area contributed by atoms with E-state index in [0.717, 1.165) is 48.0 Å². The van der Waals surface area contributed by atoms with Crippen LogP contribution >= 0.6 is 15.9 Å². The lowest BCUT2D eigenvalue weighted by Gasteiger charge is -2.20. The van der Waals surface area contributed by atoms with Crippen molar-refractivity contribution in [3.63, 3.8) is 0 Å². The molecule has 5 heteroatoms. The minimum atomic E-state index is 0.378. The van der Waals surface area contributed by atoms with Gasteiger partial charge >= 0.3 is 0 Å². The van der Waals surface area contributed by atoms with Gasteiger partial charge in [-0.2, -0.15) is 0 Å². The highest BCUT2D eigenvalue weighted by Crippen LogP contribution is 2.39. The van der Waals surface area contributed by atoms with E-state index in [4.69, 9.17) is 4.74 Å². The molecule has 3 rings (SSSR count). The summed E-state index contributed by atoms with van der Waals surface area (Å²) in [5.74, 6) is 2.59. The molecule has 2 unspecified atom stereocenters. The Balaban J connectivity index is 1.71. The van der Waals surface area contributed by atoms with Crippen LogP contribution in [0.4, 0.5) is 5.82 Å². The average Bonchev–Trinajstić information content (AvgIpc) is 3.10. The molecule has 0 aromatic carbocycles. The number of halogens is 1. The van der Waals surface area contributed by atoms with Crippen LogP contribution in [0.25, 0.3) is 0 Å². The summed E-state index contributed by atoms with van der Waals surface area (Å²) >= 11 is 3.47. The van der Waals surface area contributed by atoms with Crippen LogP contribution in [0.1, 0.15) is 38.4 Å². The molecular formula is C14H20BrN3O. The number of rotatable bonds is 5. The Morgan fingerprint density at radius 3 is 2.95 bits per heavy atom. The molecule has 4 nitrogen and oxygen atoms in total. The highest BCUT2D eigenvalue weighted by atomic mass is 79.9. The molecule has 2 atom stereocenters. The summed E-state index contributed by atoms with van der Waals surface area (Å²) in [4.78, 5) is 8.99. The summed E-state index contributed by atoms with van der Waals surface area (Å²) in [5, 5.41) is 3.55. The molecule has 0 radical (unpaired) electrons. The molecule has 19 heavy (non-hydrogen) atoms. The van der Waals surface area contributed by atoms with Gasteiger partial charge in [-0.05, 0) is 47.5 Å². The maximum absolute atomic E-state index is 5.85. The van der Waals surface area contributed by atoms with Crippen molar-refractivity contribution in [1.29, 1.82) is 0 Å². The second-order valence-electron chi connectivity index (χ2n) is 5.45. The zero-order valence-corrected chi connectivity index (χ0v) is 12.8. The molecule has 1 saturated heterocycles. The van der Waals surface area contributed by atoms with E-state index in [-0.39, 0.29) is 0 Å². The van der Waals surface area contributed by atoms with Crippen molar-refractivity contribution in [2.24, 2.45) is 5.92 Å². The van der Waals surface area contributed by atoms with Crippen molar-refractivity contribution < 1.29 is 4.74 Å².